The van der Waals surface area contributed by atoms with Gasteiger partial charge in [-0.05, 0) is 12.1 Å². The SMILES string of the molecule is Cn1cc(CNCc2cnc3ccccc3n2)cn1. The van der Waals surface area contributed by atoms with Crippen molar-refractivity contribution in [2.75, 3.05) is 0 Å². The number of aryl methyl sites for hydroxylation is 1. The maximum atomic E-state index is 4.57. The quantitative estimate of drug-likeness (QED) is 0.768. The van der Waals surface area contributed by atoms with Gasteiger partial charge in [0.05, 0.1) is 29.1 Å². The minimum atomic E-state index is 0.701. The van der Waals surface area contributed by atoms with Crippen molar-refractivity contribution in [2.45, 2.75) is 13.1 Å². The lowest BCUT2D eigenvalue weighted by Crippen LogP contribution is -2.13. The van der Waals surface area contributed by atoms with E-state index >= 15 is 0 Å². The molecule has 0 radical (unpaired) electrons. The van der Waals surface area contributed by atoms with E-state index in [0.717, 1.165) is 28.8 Å². The van der Waals surface area contributed by atoms with Gasteiger partial charge in [-0.2, -0.15) is 5.10 Å². The highest BCUT2D eigenvalue weighted by molar-refractivity contribution is 5.73. The molecule has 0 spiro atoms. The number of para-hydroxylation sites is 2. The van der Waals surface area contributed by atoms with Gasteiger partial charge < -0.3 is 5.32 Å². The fourth-order valence-electron chi connectivity index (χ4n) is 1.98. The van der Waals surface area contributed by atoms with E-state index in [-0.39, 0.29) is 0 Å². The monoisotopic (exact) mass is 253 g/mol. The number of aromatic nitrogens is 4. The Morgan fingerprint density at radius 3 is 2.74 bits per heavy atom. The van der Waals surface area contributed by atoms with Gasteiger partial charge in [0, 0.05) is 31.9 Å². The molecule has 5 nitrogen and oxygen atoms in total. The molecule has 0 saturated carbocycles. The van der Waals surface area contributed by atoms with Crippen LogP contribution in [0.2, 0.25) is 0 Å². The number of benzene rings is 1. The molecule has 0 aliphatic rings. The van der Waals surface area contributed by atoms with Gasteiger partial charge in [-0.3, -0.25) is 9.67 Å². The second-order valence-electron chi connectivity index (χ2n) is 4.48. The minimum Gasteiger partial charge on any atom is -0.307 e. The van der Waals surface area contributed by atoms with Crippen LogP contribution in [0.3, 0.4) is 0 Å². The summed E-state index contributed by atoms with van der Waals surface area (Å²) in [6, 6.07) is 7.89. The Balaban J connectivity index is 1.65. The van der Waals surface area contributed by atoms with E-state index in [2.05, 4.69) is 20.4 Å². The Morgan fingerprint density at radius 2 is 1.95 bits per heavy atom. The fourth-order valence-corrected chi connectivity index (χ4v) is 1.98. The zero-order valence-electron chi connectivity index (χ0n) is 10.7. The van der Waals surface area contributed by atoms with Crippen LogP contribution in [0.25, 0.3) is 11.0 Å². The molecule has 3 rings (SSSR count). The second-order valence-corrected chi connectivity index (χ2v) is 4.48. The fraction of sp³-hybridized carbons (Fsp3) is 0.214. The third-order valence-corrected chi connectivity index (χ3v) is 2.89. The summed E-state index contributed by atoms with van der Waals surface area (Å²) in [6.45, 7) is 1.48. The molecular formula is C14H15N5. The molecule has 96 valence electrons. The van der Waals surface area contributed by atoms with E-state index in [1.54, 1.807) is 4.68 Å². The van der Waals surface area contributed by atoms with Crippen molar-refractivity contribution in [1.82, 2.24) is 25.1 Å². The lowest BCUT2D eigenvalue weighted by Gasteiger charge is -2.03. The number of hydrogen-bond acceptors (Lipinski definition) is 4. The van der Waals surface area contributed by atoms with Crippen molar-refractivity contribution in [3.8, 4) is 0 Å². The predicted octanol–water partition coefficient (Wildman–Crippen LogP) is 1.65. The molecule has 5 heteroatoms. The maximum absolute atomic E-state index is 4.57. The van der Waals surface area contributed by atoms with Gasteiger partial charge in [0.15, 0.2) is 0 Å². The van der Waals surface area contributed by atoms with Crippen LogP contribution in [0.4, 0.5) is 0 Å². The van der Waals surface area contributed by atoms with Crippen LogP contribution in [0.1, 0.15) is 11.3 Å². The molecule has 3 aromatic rings. The van der Waals surface area contributed by atoms with E-state index in [1.807, 2.05) is 49.9 Å². The lowest BCUT2D eigenvalue weighted by molar-refractivity contribution is 0.678. The number of nitrogens with one attached hydrogen (secondary N) is 1. The molecule has 2 heterocycles. The van der Waals surface area contributed by atoms with E-state index in [4.69, 9.17) is 0 Å². The minimum absolute atomic E-state index is 0.701. The van der Waals surface area contributed by atoms with Crippen LogP contribution in [-0.2, 0) is 20.1 Å². The van der Waals surface area contributed by atoms with Crippen LogP contribution < -0.4 is 5.32 Å². The van der Waals surface area contributed by atoms with E-state index in [9.17, 15) is 0 Å². The predicted molar refractivity (Wildman–Crippen MR) is 73.3 cm³/mol. The number of rotatable bonds is 4. The molecule has 19 heavy (non-hydrogen) atoms. The van der Waals surface area contributed by atoms with Crippen LogP contribution in [0, 0.1) is 0 Å². The topological polar surface area (TPSA) is 55.6 Å². The Hall–Kier alpha value is -2.27. The van der Waals surface area contributed by atoms with Crippen molar-refractivity contribution in [2.24, 2.45) is 7.05 Å². The van der Waals surface area contributed by atoms with Crippen LogP contribution in [0.5, 0.6) is 0 Å². The molecule has 0 aliphatic heterocycles. The first-order valence-electron chi connectivity index (χ1n) is 6.20. The smallest absolute Gasteiger partial charge is 0.0890 e. The molecule has 0 amide bonds. The molecule has 1 N–H and O–H groups in total. The first-order chi connectivity index (χ1) is 9.31. The number of fused-ring (bicyclic) bond motifs is 1. The van der Waals surface area contributed by atoms with Crippen molar-refractivity contribution < 1.29 is 0 Å². The van der Waals surface area contributed by atoms with Gasteiger partial charge in [-0.15, -0.1) is 0 Å². The standard InChI is InChI=1S/C14H15N5/c1-19-10-11(7-17-19)6-15-8-12-9-16-13-4-2-3-5-14(13)18-12/h2-5,7,9-10,15H,6,8H2,1H3. The van der Waals surface area contributed by atoms with Gasteiger partial charge in [0.1, 0.15) is 0 Å². The van der Waals surface area contributed by atoms with E-state index in [0.29, 0.717) is 6.54 Å². The molecule has 0 unspecified atom stereocenters. The molecule has 0 fully saturated rings. The van der Waals surface area contributed by atoms with Gasteiger partial charge in [0.2, 0.25) is 0 Å². The molecule has 0 bridgehead atoms. The van der Waals surface area contributed by atoms with Crippen LogP contribution >= 0.6 is 0 Å². The molecule has 2 aromatic heterocycles. The summed E-state index contributed by atoms with van der Waals surface area (Å²) >= 11 is 0. The Labute approximate surface area is 111 Å². The van der Waals surface area contributed by atoms with Gasteiger partial charge in [-0.25, -0.2) is 4.98 Å². The number of hydrogen-bond donors (Lipinski definition) is 1. The second kappa shape index (κ2) is 5.16. The van der Waals surface area contributed by atoms with Crippen molar-refractivity contribution in [3.63, 3.8) is 0 Å². The zero-order chi connectivity index (χ0) is 13.1. The third kappa shape index (κ3) is 2.77. The summed E-state index contributed by atoms with van der Waals surface area (Å²) in [5, 5.41) is 7.47. The highest BCUT2D eigenvalue weighted by Gasteiger charge is 2.00. The normalized spacial score (nSPS) is 11.0. The van der Waals surface area contributed by atoms with Gasteiger partial charge in [-0.1, -0.05) is 12.1 Å². The molecule has 0 atom stereocenters. The summed E-state index contributed by atoms with van der Waals surface area (Å²) in [5.74, 6) is 0. The summed E-state index contributed by atoms with van der Waals surface area (Å²) in [7, 11) is 1.91. The van der Waals surface area contributed by atoms with Crippen molar-refractivity contribution >= 4 is 11.0 Å². The third-order valence-electron chi connectivity index (χ3n) is 2.89. The van der Waals surface area contributed by atoms with Crippen LogP contribution in [-0.4, -0.2) is 19.7 Å². The van der Waals surface area contributed by atoms with E-state index in [1.165, 1.54) is 0 Å². The molecule has 0 aliphatic carbocycles. The largest absolute Gasteiger partial charge is 0.307 e. The first kappa shape index (κ1) is 11.8. The van der Waals surface area contributed by atoms with Crippen molar-refractivity contribution in [1.29, 1.82) is 0 Å². The lowest BCUT2D eigenvalue weighted by atomic mass is 10.3. The highest BCUT2D eigenvalue weighted by Crippen LogP contribution is 2.08. The average molecular weight is 253 g/mol. The molecule has 0 saturated heterocycles. The Kier molecular flexibility index (Phi) is 3.20. The maximum Gasteiger partial charge on any atom is 0.0890 e. The zero-order valence-corrected chi connectivity index (χ0v) is 10.7. The van der Waals surface area contributed by atoms with Crippen molar-refractivity contribution in [3.05, 3.63) is 54.1 Å². The summed E-state index contributed by atoms with van der Waals surface area (Å²) in [6.07, 6.45) is 5.68. The van der Waals surface area contributed by atoms with E-state index < -0.39 is 0 Å². The Bertz CT molecular complexity index is 689. The number of nitrogens with zero attached hydrogens (tertiary/aromatic N) is 4. The summed E-state index contributed by atoms with van der Waals surface area (Å²) in [4.78, 5) is 8.96. The van der Waals surface area contributed by atoms with Gasteiger partial charge >= 0.3 is 0 Å². The summed E-state index contributed by atoms with van der Waals surface area (Å²) in [5.41, 5.74) is 3.97. The first-order valence-corrected chi connectivity index (χ1v) is 6.20. The van der Waals surface area contributed by atoms with Gasteiger partial charge in [0.25, 0.3) is 0 Å². The highest BCUT2D eigenvalue weighted by atomic mass is 15.2. The van der Waals surface area contributed by atoms with Crippen LogP contribution in [0.15, 0.2) is 42.9 Å². The Morgan fingerprint density at radius 1 is 1.11 bits per heavy atom. The average Bonchev–Trinajstić information content (AvgIpc) is 2.84. The summed E-state index contributed by atoms with van der Waals surface area (Å²) < 4.78 is 1.80. The molecule has 1 aromatic carbocycles. The molecular weight excluding hydrogens is 238 g/mol.